The molecular weight excluding hydrogens is 284 g/mol. The Hall–Kier alpha value is -1.06. The summed E-state index contributed by atoms with van der Waals surface area (Å²) in [5.41, 5.74) is 7.98. The molecule has 0 bridgehead atoms. The molecule has 1 aromatic rings. The minimum atomic E-state index is -0.232. The van der Waals surface area contributed by atoms with E-state index in [1.54, 1.807) is 0 Å². The molecule has 1 saturated carbocycles. The molecule has 2 N–H and O–H groups in total. The van der Waals surface area contributed by atoms with Crippen molar-refractivity contribution >= 4 is 18.3 Å². The highest BCUT2D eigenvalue weighted by atomic mass is 35.5. The van der Waals surface area contributed by atoms with Crippen LogP contribution in [0, 0.1) is 12.8 Å². The number of aryl methyl sites for hydroxylation is 1. The highest BCUT2D eigenvalue weighted by molar-refractivity contribution is 5.91. The second kappa shape index (κ2) is 5.98. The molecule has 0 aromatic heterocycles. The standard InChI is InChI=1S/C17H24N2O.ClH/c1-12-4-3-5-15(8-12)17(6-7-17)16(20)19-11-14(10-18)9-13(19)2;/h3-5,8,13-14H,6-7,9-11,18H2,1-2H3;1H. The molecule has 2 unspecified atom stereocenters. The normalized spacial score (nSPS) is 26.3. The van der Waals surface area contributed by atoms with Crippen LogP contribution in [0.1, 0.15) is 37.3 Å². The number of nitrogens with zero attached hydrogens (tertiary/aromatic N) is 1. The summed E-state index contributed by atoms with van der Waals surface area (Å²) >= 11 is 0. The molecular formula is C17H25ClN2O. The minimum Gasteiger partial charge on any atom is -0.339 e. The van der Waals surface area contributed by atoms with Crippen molar-refractivity contribution in [3.63, 3.8) is 0 Å². The number of carbonyl (C=O) groups is 1. The van der Waals surface area contributed by atoms with E-state index in [-0.39, 0.29) is 17.8 Å². The van der Waals surface area contributed by atoms with Gasteiger partial charge in [-0.2, -0.15) is 0 Å². The van der Waals surface area contributed by atoms with Crippen molar-refractivity contribution in [2.45, 2.75) is 44.6 Å². The maximum Gasteiger partial charge on any atom is 0.233 e. The highest BCUT2D eigenvalue weighted by Crippen LogP contribution is 2.50. The van der Waals surface area contributed by atoms with Crippen LogP contribution >= 0.6 is 12.4 Å². The van der Waals surface area contributed by atoms with Crippen LogP contribution < -0.4 is 5.73 Å². The first-order chi connectivity index (χ1) is 9.56. The molecule has 21 heavy (non-hydrogen) atoms. The molecule has 1 saturated heterocycles. The van der Waals surface area contributed by atoms with Gasteiger partial charge >= 0.3 is 0 Å². The lowest BCUT2D eigenvalue weighted by atomic mass is 9.93. The van der Waals surface area contributed by atoms with Gasteiger partial charge in [0.1, 0.15) is 0 Å². The predicted octanol–water partition coefficient (Wildman–Crippen LogP) is 2.64. The maximum atomic E-state index is 13.0. The molecule has 0 spiro atoms. The van der Waals surface area contributed by atoms with E-state index in [0.717, 1.165) is 25.8 Å². The zero-order valence-electron chi connectivity index (χ0n) is 12.8. The summed E-state index contributed by atoms with van der Waals surface area (Å²) < 4.78 is 0. The zero-order chi connectivity index (χ0) is 14.3. The number of halogens is 1. The van der Waals surface area contributed by atoms with Crippen LogP contribution in [0.4, 0.5) is 0 Å². The number of hydrogen-bond donors (Lipinski definition) is 1. The predicted molar refractivity (Wildman–Crippen MR) is 87.7 cm³/mol. The number of rotatable bonds is 3. The van der Waals surface area contributed by atoms with Crippen LogP contribution in [-0.4, -0.2) is 29.9 Å². The fraction of sp³-hybridized carbons (Fsp3) is 0.588. The number of likely N-dealkylation sites (tertiary alicyclic amines) is 1. The van der Waals surface area contributed by atoms with Crippen molar-refractivity contribution in [3.05, 3.63) is 35.4 Å². The summed E-state index contributed by atoms with van der Waals surface area (Å²) in [5, 5.41) is 0. The van der Waals surface area contributed by atoms with E-state index in [4.69, 9.17) is 5.73 Å². The molecule has 1 aliphatic heterocycles. The van der Waals surface area contributed by atoms with Gasteiger partial charge < -0.3 is 10.6 Å². The van der Waals surface area contributed by atoms with Crippen molar-refractivity contribution < 1.29 is 4.79 Å². The fourth-order valence-corrected chi connectivity index (χ4v) is 3.56. The van der Waals surface area contributed by atoms with Crippen molar-refractivity contribution in [1.82, 2.24) is 4.90 Å². The van der Waals surface area contributed by atoms with E-state index in [9.17, 15) is 4.79 Å². The fourth-order valence-electron chi connectivity index (χ4n) is 3.56. The second-order valence-electron chi connectivity index (χ2n) is 6.60. The lowest BCUT2D eigenvalue weighted by Crippen LogP contribution is -2.41. The molecule has 2 aliphatic rings. The Morgan fingerprint density at radius 1 is 1.43 bits per heavy atom. The van der Waals surface area contributed by atoms with Crippen molar-refractivity contribution in [3.8, 4) is 0 Å². The first kappa shape index (κ1) is 16.3. The topological polar surface area (TPSA) is 46.3 Å². The monoisotopic (exact) mass is 308 g/mol. The third kappa shape index (κ3) is 2.82. The van der Waals surface area contributed by atoms with Gasteiger partial charge in [0.15, 0.2) is 0 Å². The van der Waals surface area contributed by atoms with Crippen LogP contribution in [0.2, 0.25) is 0 Å². The zero-order valence-corrected chi connectivity index (χ0v) is 13.7. The number of hydrogen-bond acceptors (Lipinski definition) is 2. The third-order valence-electron chi connectivity index (χ3n) is 4.99. The Bertz CT molecular complexity index is 527. The van der Waals surface area contributed by atoms with Crippen molar-refractivity contribution in [2.24, 2.45) is 11.7 Å². The number of amides is 1. The molecule has 1 amide bonds. The smallest absolute Gasteiger partial charge is 0.233 e. The van der Waals surface area contributed by atoms with Crippen molar-refractivity contribution in [2.75, 3.05) is 13.1 Å². The van der Waals surface area contributed by atoms with Crippen molar-refractivity contribution in [1.29, 1.82) is 0 Å². The summed E-state index contributed by atoms with van der Waals surface area (Å²) in [7, 11) is 0. The Labute approximate surface area is 133 Å². The molecule has 4 heteroatoms. The average molecular weight is 309 g/mol. The van der Waals surface area contributed by atoms with E-state index in [1.165, 1.54) is 11.1 Å². The largest absolute Gasteiger partial charge is 0.339 e. The molecule has 1 heterocycles. The first-order valence-electron chi connectivity index (χ1n) is 7.65. The van der Waals surface area contributed by atoms with E-state index in [2.05, 4.69) is 43.0 Å². The van der Waals surface area contributed by atoms with E-state index in [1.807, 2.05) is 0 Å². The van der Waals surface area contributed by atoms with Gasteiger partial charge in [0.05, 0.1) is 5.41 Å². The van der Waals surface area contributed by atoms with Crippen LogP contribution in [0.25, 0.3) is 0 Å². The molecule has 1 aromatic carbocycles. The minimum absolute atomic E-state index is 0. The Balaban J connectivity index is 0.00000161. The van der Waals surface area contributed by atoms with Gasteiger partial charge in [-0.1, -0.05) is 29.8 Å². The summed E-state index contributed by atoms with van der Waals surface area (Å²) in [6.07, 6.45) is 3.03. The van der Waals surface area contributed by atoms with E-state index in [0.29, 0.717) is 24.4 Å². The lowest BCUT2D eigenvalue weighted by molar-refractivity contribution is -0.134. The molecule has 116 valence electrons. The Morgan fingerprint density at radius 3 is 2.67 bits per heavy atom. The number of benzene rings is 1. The molecule has 0 radical (unpaired) electrons. The summed E-state index contributed by atoms with van der Waals surface area (Å²) in [4.78, 5) is 15.1. The van der Waals surface area contributed by atoms with Crippen LogP contribution in [0.3, 0.4) is 0 Å². The average Bonchev–Trinajstić information content (AvgIpc) is 3.16. The van der Waals surface area contributed by atoms with Gasteiger partial charge in [0.25, 0.3) is 0 Å². The Kier molecular flexibility index (Phi) is 4.64. The van der Waals surface area contributed by atoms with Gasteiger partial charge in [-0.05, 0) is 51.1 Å². The summed E-state index contributed by atoms with van der Waals surface area (Å²) in [6.45, 7) is 5.77. The molecule has 2 fully saturated rings. The van der Waals surface area contributed by atoms with Crippen LogP contribution in [-0.2, 0) is 10.2 Å². The molecule has 3 rings (SSSR count). The Morgan fingerprint density at radius 2 is 2.14 bits per heavy atom. The maximum absolute atomic E-state index is 13.0. The quantitative estimate of drug-likeness (QED) is 0.933. The first-order valence-corrected chi connectivity index (χ1v) is 7.65. The molecule has 2 atom stereocenters. The van der Waals surface area contributed by atoms with E-state index < -0.39 is 0 Å². The lowest BCUT2D eigenvalue weighted by Gasteiger charge is -2.27. The van der Waals surface area contributed by atoms with Gasteiger partial charge in [0.2, 0.25) is 5.91 Å². The number of carbonyl (C=O) groups excluding carboxylic acids is 1. The van der Waals surface area contributed by atoms with E-state index >= 15 is 0 Å². The van der Waals surface area contributed by atoms with Gasteiger partial charge in [0, 0.05) is 12.6 Å². The number of nitrogens with two attached hydrogens (primary N) is 1. The van der Waals surface area contributed by atoms with Crippen LogP contribution in [0.5, 0.6) is 0 Å². The summed E-state index contributed by atoms with van der Waals surface area (Å²) in [6, 6.07) is 8.77. The SMILES string of the molecule is Cc1cccc(C2(C(=O)N3CC(CN)CC3C)CC2)c1.Cl. The van der Waals surface area contributed by atoms with Gasteiger partial charge in [-0.25, -0.2) is 0 Å². The highest BCUT2D eigenvalue weighted by Gasteiger charge is 2.54. The molecule has 1 aliphatic carbocycles. The summed E-state index contributed by atoms with van der Waals surface area (Å²) in [5.74, 6) is 0.800. The van der Waals surface area contributed by atoms with Crippen LogP contribution in [0.15, 0.2) is 24.3 Å². The molecule has 3 nitrogen and oxygen atoms in total. The second-order valence-corrected chi connectivity index (χ2v) is 6.60. The van der Waals surface area contributed by atoms with Gasteiger partial charge in [-0.3, -0.25) is 4.79 Å². The third-order valence-corrected chi connectivity index (χ3v) is 4.99. The van der Waals surface area contributed by atoms with Gasteiger partial charge in [-0.15, -0.1) is 12.4 Å².